The largest absolute Gasteiger partial charge is 0.246 e. The van der Waals surface area contributed by atoms with Crippen molar-refractivity contribution in [1.29, 1.82) is 0 Å². The van der Waals surface area contributed by atoms with Gasteiger partial charge in [0, 0.05) is 16.1 Å². The van der Waals surface area contributed by atoms with Gasteiger partial charge < -0.3 is 0 Å². The molecule has 1 aromatic heterocycles. The molecule has 0 aliphatic heterocycles. The third-order valence-electron chi connectivity index (χ3n) is 3.66. The van der Waals surface area contributed by atoms with E-state index in [1.54, 1.807) is 0 Å². The Morgan fingerprint density at radius 1 is 1.38 bits per heavy atom. The average molecular weight is 302 g/mol. The molecule has 1 aliphatic carbocycles. The van der Waals surface area contributed by atoms with Crippen molar-refractivity contribution in [3.63, 3.8) is 0 Å². The third kappa shape index (κ3) is 2.86. The Kier molecular flexibility index (Phi) is 4.06. The first-order valence-corrected chi connectivity index (χ1v) is 7.86. The van der Waals surface area contributed by atoms with Crippen molar-refractivity contribution in [2.45, 2.75) is 51.3 Å². The van der Waals surface area contributed by atoms with Crippen LogP contribution in [0.5, 0.6) is 0 Å². The van der Waals surface area contributed by atoms with E-state index in [9.17, 15) is 0 Å². The minimum absolute atomic E-state index is 0.702. The molecule has 0 radical (unpaired) electrons. The molecular weight excluding hydrogens is 282 g/mol. The number of hydrogen-bond acceptors (Lipinski definition) is 2. The lowest BCUT2D eigenvalue weighted by molar-refractivity contribution is 0.294. The molecule has 1 aliphatic rings. The first-order chi connectivity index (χ1) is 7.56. The van der Waals surface area contributed by atoms with Crippen LogP contribution in [0, 0.1) is 25.7 Å². The standard InChI is InChI=1S/C13H20BrNS/c1-8-4-5-12(14)11(6-8)7-13-15-9(2)10(3)16-13/h8,11-12H,4-7H2,1-3H3. The van der Waals surface area contributed by atoms with Crippen LogP contribution in [0.3, 0.4) is 0 Å². The topological polar surface area (TPSA) is 12.9 Å². The summed E-state index contributed by atoms with van der Waals surface area (Å²) in [5.74, 6) is 1.68. The van der Waals surface area contributed by atoms with Crippen molar-refractivity contribution in [3.8, 4) is 0 Å². The highest BCUT2D eigenvalue weighted by molar-refractivity contribution is 9.09. The zero-order valence-corrected chi connectivity index (χ0v) is 12.7. The zero-order valence-electron chi connectivity index (χ0n) is 10.3. The molecule has 0 aromatic carbocycles. The molecule has 1 heterocycles. The molecule has 2 rings (SSSR count). The minimum atomic E-state index is 0.702. The van der Waals surface area contributed by atoms with Gasteiger partial charge in [0.05, 0.1) is 10.7 Å². The van der Waals surface area contributed by atoms with Crippen LogP contribution in [0.1, 0.15) is 41.8 Å². The van der Waals surface area contributed by atoms with E-state index in [4.69, 9.17) is 0 Å². The molecule has 1 fully saturated rings. The number of rotatable bonds is 2. The summed E-state index contributed by atoms with van der Waals surface area (Å²) in [6.07, 6.45) is 5.23. The predicted molar refractivity (Wildman–Crippen MR) is 74.5 cm³/mol. The van der Waals surface area contributed by atoms with E-state index in [1.165, 1.54) is 41.3 Å². The molecule has 3 unspecified atom stereocenters. The summed E-state index contributed by atoms with van der Waals surface area (Å²) in [4.78, 5) is 6.74. The normalized spacial score (nSPS) is 30.6. The molecule has 0 spiro atoms. The van der Waals surface area contributed by atoms with Crippen LogP contribution < -0.4 is 0 Å². The number of aryl methyl sites for hydroxylation is 2. The second kappa shape index (κ2) is 5.18. The van der Waals surface area contributed by atoms with Crippen molar-refractivity contribution < 1.29 is 0 Å². The second-order valence-electron chi connectivity index (χ2n) is 5.15. The average Bonchev–Trinajstić information content (AvgIpc) is 2.52. The molecule has 1 saturated carbocycles. The zero-order chi connectivity index (χ0) is 11.7. The lowest BCUT2D eigenvalue weighted by atomic mass is 9.81. The SMILES string of the molecule is Cc1nc(CC2CC(C)CCC2Br)sc1C. The molecule has 1 nitrogen and oxygen atoms in total. The smallest absolute Gasteiger partial charge is 0.0934 e. The summed E-state index contributed by atoms with van der Waals surface area (Å²) < 4.78 is 0. The molecule has 0 N–H and O–H groups in total. The van der Waals surface area contributed by atoms with E-state index in [0.717, 1.165) is 11.8 Å². The number of aromatic nitrogens is 1. The maximum Gasteiger partial charge on any atom is 0.0934 e. The van der Waals surface area contributed by atoms with E-state index < -0.39 is 0 Å². The van der Waals surface area contributed by atoms with Gasteiger partial charge in [-0.15, -0.1) is 11.3 Å². The number of halogens is 1. The fourth-order valence-electron chi connectivity index (χ4n) is 2.52. The number of thiazole rings is 1. The molecule has 0 bridgehead atoms. The molecule has 1 aromatic rings. The Hall–Kier alpha value is 0.110. The summed E-state index contributed by atoms with van der Waals surface area (Å²) in [5, 5.41) is 1.33. The molecule has 3 heteroatoms. The van der Waals surface area contributed by atoms with E-state index in [2.05, 4.69) is 41.7 Å². The van der Waals surface area contributed by atoms with Crippen molar-refractivity contribution in [2.75, 3.05) is 0 Å². The van der Waals surface area contributed by atoms with Crippen LogP contribution in [-0.4, -0.2) is 9.81 Å². The van der Waals surface area contributed by atoms with Gasteiger partial charge in [0.15, 0.2) is 0 Å². The Labute approximate surface area is 111 Å². The fraction of sp³-hybridized carbons (Fsp3) is 0.769. The summed E-state index contributed by atoms with van der Waals surface area (Å²) in [5.41, 5.74) is 1.22. The number of nitrogens with zero attached hydrogens (tertiary/aromatic N) is 1. The van der Waals surface area contributed by atoms with Gasteiger partial charge >= 0.3 is 0 Å². The van der Waals surface area contributed by atoms with Gasteiger partial charge in [0.1, 0.15) is 0 Å². The molecule has 3 atom stereocenters. The number of alkyl halides is 1. The lowest BCUT2D eigenvalue weighted by Gasteiger charge is -2.30. The van der Waals surface area contributed by atoms with Crippen LogP contribution in [0.15, 0.2) is 0 Å². The summed E-state index contributed by atoms with van der Waals surface area (Å²) in [6.45, 7) is 6.67. The number of hydrogen-bond donors (Lipinski definition) is 0. The maximum atomic E-state index is 4.66. The van der Waals surface area contributed by atoms with Gasteiger partial charge in [-0.1, -0.05) is 22.9 Å². The monoisotopic (exact) mass is 301 g/mol. The summed E-state index contributed by atoms with van der Waals surface area (Å²) in [6, 6.07) is 0. The van der Waals surface area contributed by atoms with Crippen LogP contribution in [0.25, 0.3) is 0 Å². The molecular formula is C13H20BrNS. The van der Waals surface area contributed by atoms with Gasteiger partial charge in [-0.2, -0.15) is 0 Å². The van der Waals surface area contributed by atoms with Gasteiger partial charge in [0.2, 0.25) is 0 Å². The first-order valence-electron chi connectivity index (χ1n) is 6.13. The maximum absolute atomic E-state index is 4.66. The summed E-state index contributed by atoms with van der Waals surface area (Å²) >= 11 is 5.72. The van der Waals surface area contributed by atoms with Crippen molar-refractivity contribution in [1.82, 2.24) is 4.98 Å². The van der Waals surface area contributed by atoms with Gasteiger partial charge in [0.25, 0.3) is 0 Å². The van der Waals surface area contributed by atoms with Crippen molar-refractivity contribution in [3.05, 3.63) is 15.6 Å². The van der Waals surface area contributed by atoms with Gasteiger partial charge in [-0.3, -0.25) is 0 Å². The second-order valence-corrected chi connectivity index (χ2v) is 7.61. The Bertz CT molecular complexity index is 341. The Morgan fingerprint density at radius 2 is 2.12 bits per heavy atom. The lowest BCUT2D eigenvalue weighted by Crippen LogP contribution is -2.25. The van der Waals surface area contributed by atoms with E-state index >= 15 is 0 Å². The molecule has 90 valence electrons. The molecule has 0 amide bonds. The highest BCUT2D eigenvalue weighted by Gasteiger charge is 2.27. The van der Waals surface area contributed by atoms with Crippen LogP contribution in [0.4, 0.5) is 0 Å². The van der Waals surface area contributed by atoms with E-state index in [0.29, 0.717) is 4.83 Å². The Balaban J connectivity index is 2.02. The van der Waals surface area contributed by atoms with E-state index in [-0.39, 0.29) is 0 Å². The predicted octanol–water partition coefficient (Wildman–Crippen LogP) is 4.50. The quantitative estimate of drug-likeness (QED) is 0.733. The van der Waals surface area contributed by atoms with Crippen molar-refractivity contribution >= 4 is 27.3 Å². The minimum Gasteiger partial charge on any atom is -0.246 e. The fourth-order valence-corrected chi connectivity index (χ4v) is 4.22. The van der Waals surface area contributed by atoms with Gasteiger partial charge in [-0.05, 0) is 44.9 Å². The van der Waals surface area contributed by atoms with Gasteiger partial charge in [-0.25, -0.2) is 4.98 Å². The van der Waals surface area contributed by atoms with Crippen LogP contribution in [0.2, 0.25) is 0 Å². The van der Waals surface area contributed by atoms with Crippen LogP contribution >= 0.6 is 27.3 Å². The summed E-state index contributed by atoms with van der Waals surface area (Å²) in [7, 11) is 0. The first kappa shape index (κ1) is 12.6. The molecule has 0 saturated heterocycles. The molecule has 16 heavy (non-hydrogen) atoms. The van der Waals surface area contributed by atoms with Crippen molar-refractivity contribution in [2.24, 2.45) is 11.8 Å². The van der Waals surface area contributed by atoms with E-state index in [1.807, 2.05) is 11.3 Å². The highest BCUT2D eigenvalue weighted by Crippen LogP contribution is 2.36. The Morgan fingerprint density at radius 3 is 2.75 bits per heavy atom. The highest BCUT2D eigenvalue weighted by atomic mass is 79.9. The van der Waals surface area contributed by atoms with Crippen LogP contribution in [-0.2, 0) is 6.42 Å². The third-order valence-corrected chi connectivity index (χ3v) is 5.96.